The molecule has 2 aromatic carbocycles. The fourth-order valence-electron chi connectivity index (χ4n) is 2.57. The van der Waals surface area contributed by atoms with Crippen molar-refractivity contribution >= 4 is 41.2 Å². The number of rotatable bonds is 10. The van der Waals surface area contributed by atoms with Crippen LogP contribution < -0.4 is 5.32 Å². The molecule has 1 aromatic heterocycles. The Kier molecular flexibility index (Phi) is 8.33. The molecule has 0 saturated carbocycles. The molecule has 1 amide bonds. The van der Waals surface area contributed by atoms with Gasteiger partial charge in [0.1, 0.15) is 25.0 Å². The summed E-state index contributed by atoms with van der Waals surface area (Å²) in [4.78, 5) is 37.2. The lowest BCUT2D eigenvalue weighted by Gasteiger charge is -2.15. The van der Waals surface area contributed by atoms with Crippen LogP contribution in [0.5, 0.6) is 0 Å². The normalized spacial score (nSPS) is 11.6. The first kappa shape index (κ1) is 24.1. The second-order valence-corrected chi connectivity index (χ2v) is 8.02. The average molecular weight is 494 g/mol. The molecule has 3 aromatic rings. The zero-order valence-electron chi connectivity index (χ0n) is 16.9. The zero-order valence-corrected chi connectivity index (χ0v) is 18.4. The minimum absolute atomic E-state index is 0.0438. The third-order valence-corrected chi connectivity index (χ3v) is 5.45. The summed E-state index contributed by atoms with van der Waals surface area (Å²) in [5, 5.41) is 23.2. The number of ether oxygens (including phenoxy) is 1. The molecule has 10 nitrogen and oxygen atoms in total. The predicted molar refractivity (Wildman–Crippen MR) is 114 cm³/mol. The number of carboxylic acids is 1. The summed E-state index contributed by atoms with van der Waals surface area (Å²) in [5.74, 6) is -2.45. The Morgan fingerprint density at radius 3 is 2.67 bits per heavy atom. The van der Waals surface area contributed by atoms with Crippen LogP contribution in [0.3, 0.4) is 0 Å². The molecule has 0 aliphatic heterocycles. The fraction of sp³-hybridized carbons (Fsp3) is 0.200. The molecule has 0 spiro atoms. The number of carboxylic acid groups (broad SMARTS) is 1. The number of nitrogens with one attached hydrogen (secondary N) is 1. The number of aromatic nitrogens is 4. The smallest absolute Gasteiger partial charge is 0.408 e. The molecule has 0 aliphatic rings. The number of nitrogens with zero attached hydrogens (tertiary/aromatic N) is 4. The summed E-state index contributed by atoms with van der Waals surface area (Å²) in [5.41, 5.74) is 0.729. The summed E-state index contributed by atoms with van der Waals surface area (Å²) >= 11 is 6.97. The van der Waals surface area contributed by atoms with Crippen LogP contribution in [0.4, 0.5) is 9.18 Å². The number of carbonyl (C=O) groups excluding carboxylic acids is 2. The summed E-state index contributed by atoms with van der Waals surface area (Å²) in [7, 11) is 0. The number of Topliss-reactive ketones (excluding diaryl/α,β-unsaturated/α-hetero) is 1. The summed E-state index contributed by atoms with van der Waals surface area (Å²) in [6.07, 6.45) is -1.59. The lowest BCUT2D eigenvalue weighted by molar-refractivity contribution is -0.139. The highest BCUT2D eigenvalue weighted by Crippen LogP contribution is 2.31. The molecule has 33 heavy (non-hydrogen) atoms. The van der Waals surface area contributed by atoms with Crippen molar-refractivity contribution in [2.24, 2.45) is 0 Å². The molecule has 1 atom stereocenters. The Balaban J connectivity index is 1.59. The molecule has 0 fully saturated rings. The van der Waals surface area contributed by atoms with E-state index in [0.29, 0.717) is 4.90 Å². The van der Waals surface area contributed by atoms with E-state index in [1.54, 1.807) is 24.3 Å². The van der Waals surface area contributed by atoms with E-state index in [2.05, 4.69) is 20.7 Å². The lowest BCUT2D eigenvalue weighted by Crippen LogP contribution is -2.44. The van der Waals surface area contributed by atoms with E-state index in [-0.39, 0.29) is 16.8 Å². The van der Waals surface area contributed by atoms with Crippen molar-refractivity contribution in [2.45, 2.75) is 35.7 Å². The first-order valence-electron chi connectivity index (χ1n) is 9.42. The van der Waals surface area contributed by atoms with Gasteiger partial charge in [-0.2, -0.15) is 4.80 Å². The summed E-state index contributed by atoms with van der Waals surface area (Å²) in [6.45, 7) is -0.487. The molecule has 1 unspecified atom stereocenters. The van der Waals surface area contributed by atoms with E-state index in [1.807, 2.05) is 6.07 Å². The minimum atomic E-state index is -1.36. The SMILES string of the molecule is O=C(O)CC(NC(=O)OCc1ccccc1)C(=O)Cn1nnc(Sc2ccc(F)cc2Cl)n1. The number of amides is 1. The Morgan fingerprint density at radius 1 is 1.21 bits per heavy atom. The number of halogens is 2. The summed E-state index contributed by atoms with van der Waals surface area (Å²) in [6, 6.07) is 11.3. The van der Waals surface area contributed by atoms with Gasteiger partial charge in [0.15, 0.2) is 5.78 Å². The Labute approximate surface area is 196 Å². The van der Waals surface area contributed by atoms with E-state index < -0.39 is 42.7 Å². The number of alkyl carbamates (subject to hydrolysis) is 1. The van der Waals surface area contributed by atoms with E-state index in [9.17, 15) is 18.8 Å². The van der Waals surface area contributed by atoms with E-state index in [4.69, 9.17) is 21.4 Å². The van der Waals surface area contributed by atoms with Gasteiger partial charge in [-0.15, -0.1) is 10.2 Å². The number of hydrogen-bond donors (Lipinski definition) is 2. The maximum absolute atomic E-state index is 13.2. The third-order valence-electron chi connectivity index (χ3n) is 4.10. The topological polar surface area (TPSA) is 136 Å². The Bertz CT molecular complexity index is 1150. The van der Waals surface area contributed by atoms with Crippen LogP contribution in [-0.4, -0.2) is 49.2 Å². The van der Waals surface area contributed by atoms with Gasteiger partial charge in [0.25, 0.3) is 0 Å². The van der Waals surface area contributed by atoms with Crippen molar-refractivity contribution in [1.29, 1.82) is 0 Å². The third kappa shape index (κ3) is 7.54. The highest BCUT2D eigenvalue weighted by atomic mass is 35.5. The van der Waals surface area contributed by atoms with Crippen LogP contribution >= 0.6 is 23.4 Å². The van der Waals surface area contributed by atoms with Crippen molar-refractivity contribution in [3.8, 4) is 0 Å². The maximum atomic E-state index is 13.2. The van der Waals surface area contributed by atoms with Crippen molar-refractivity contribution in [3.05, 3.63) is 64.9 Å². The number of ketones is 1. The molecule has 0 bridgehead atoms. The molecule has 13 heteroatoms. The quantitative estimate of drug-likeness (QED) is 0.436. The fourth-order valence-corrected chi connectivity index (χ4v) is 3.55. The molecule has 0 aliphatic carbocycles. The van der Waals surface area contributed by atoms with E-state index in [0.717, 1.165) is 28.2 Å². The average Bonchev–Trinajstić information content (AvgIpc) is 3.21. The van der Waals surface area contributed by atoms with Gasteiger partial charge in [-0.25, -0.2) is 9.18 Å². The van der Waals surface area contributed by atoms with Gasteiger partial charge in [0, 0.05) is 4.90 Å². The zero-order chi connectivity index (χ0) is 23.8. The van der Waals surface area contributed by atoms with Crippen molar-refractivity contribution in [3.63, 3.8) is 0 Å². The van der Waals surface area contributed by atoms with Gasteiger partial charge in [0.05, 0.1) is 11.4 Å². The number of benzene rings is 2. The maximum Gasteiger partial charge on any atom is 0.408 e. The minimum Gasteiger partial charge on any atom is -0.481 e. The predicted octanol–water partition coefficient (Wildman–Crippen LogP) is 2.96. The van der Waals surface area contributed by atoms with Gasteiger partial charge in [-0.1, -0.05) is 41.9 Å². The van der Waals surface area contributed by atoms with Crippen molar-refractivity contribution < 1.29 is 28.6 Å². The highest BCUT2D eigenvalue weighted by molar-refractivity contribution is 7.99. The monoisotopic (exact) mass is 493 g/mol. The molecule has 0 radical (unpaired) electrons. The number of hydrogen-bond acceptors (Lipinski definition) is 8. The van der Waals surface area contributed by atoms with Crippen LogP contribution in [0.1, 0.15) is 12.0 Å². The molecule has 1 heterocycles. The number of aliphatic carboxylic acids is 1. The van der Waals surface area contributed by atoms with Crippen molar-refractivity contribution in [2.75, 3.05) is 0 Å². The standard InChI is InChI=1S/C20H17ClFN5O5S/c21-14-8-13(22)6-7-17(14)33-19-24-26-27(25-19)10-16(28)15(9-18(29)30)23-20(31)32-11-12-4-2-1-3-5-12/h1-8,15H,9-11H2,(H,23,31)(H,29,30). The van der Waals surface area contributed by atoms with Crippen LogP contribution in [-0.2, 0) is 27.5 Å². The Morgan fingerprint density at radius 2 is 1.97 bits per heavy atom. The van der Waals surface area contributed by atoms with Crippen LogP contribution in [0, 0.1) is 5.82 Å². The Hall–Kier alpha value is -3.51. The van der Waals surface area contributed by atoms with Gasteiger partial charge >= 0.3 is 12.1 Å². The first-order chi connectivity index (χ1) is 15.8. The molecule has 0 saturated heterocycles. The molecular formula is C20H17ClFN5O5S. The summed E-state index contributed by atoms with van der Waals surface area (Å²) < 4.78 is 18.2. The largest absolute Gasteiger partial charge is 0.481 e. The number of carbonyl (C=O) groups is 3. The highest BCUT2D eigenvalue weighted by Gasteiger charge is 2.25. The molecule has 2 N–H and O–H groups in total. The lowest BCUT2D eigenvalue weighted by atomic mass is 10.1. The van der Waals surface area contributed by atoms with Gasteiger partial charge < -0.3 is 15.2 Å². The second-order valence-electron chi connectivity index (χ2n) is 6.60. The van der Waals surface area contributed by atoms with Crippen LogP contribution in [0.25, 0.3) is 0 Å². The van der Waals surface area contributed by atoms with Gasteiger partial charge in [-0.05, 0) is 40.7 Å². The van der Waals surface area contributed by atoms with Crippen molar-refractivity contribution in [1.82, 2.24) is 25.5 Å². The molecule has 3 rings (SSSR count). The van der Waals surface area contributed by atoms with Crippen LogP contribution in [0.2, 0.25) is 5.02 Å². The van der Waals surface area contributed by atoms with E-state index in [1.165, 1.54) is 12.1 Å². The van der Waals surface area contributed by atoms with E-state index >= 15 is 0 Å². The number of tetrazole rings is 1. The van der Waals surface area contributed by atoms with Gasteiger partial charge in [-0.3, -0.25) is 9.59 Å². The molecule has 172 valence electrons. The molecular weight excluding hydrogens is 477 g/mol. The first-order valence-corrected chi connectivity index (χ1v) is 10.6. The van der Waals surface area contributed by atoms with Gasteiger partial charge in [0.2, 0.25) is 5.16 Å². The second kappa shape index (κ2) is 11.4. The van der Waals surface area contributed by atoms with Crippen LogP contribution in [0.15, 0.2) is 58.6 Å².